The van der Waals surface area contributed by atoms with Crippen molar-refractivity contribution in [3.8, 4) is 0 Å². The van der Waals surface area contributed by atoms with Crippen LogP contribution >= 0.6 is 0 Å². The summed E-state index contributed by atoms with van der Waals surface area (Å²) in [5.41, 5.74) is 3.02. The summed E-state index contributed by atoms with van der Waals surface area (Å²) in [6, 6.07) is 33.8. The van der Waals surface area contributed by atoms with E-state index in [0.29, 0.717) is 43.3 Å². The van der Waals surface area contributed by atoms with E-state index in [9.17, 15) is 0 Å². The molecule has 0 heterocycles. The van der Waals surface area contributed by atoms with E-state index in [4.69, 9.17) is 0 Å². The zero-order valence-electron chi connectivity index (χ0n) is 42.9. The van der Waals surface area contributed by atoms with E-state index in [1.165, 1.54) is 33.0 Å². The van der Waals surface area contributed by atoms with Crippen molar-refractivity contribution in [3.05, 3.63) is 60.7 Å². The van der Waals surface area contributed by atoms with E-state index in [-0.39, 0.29) is 15.4 Å². The second kappa shape index (κ2) is 20.4. The van der Waals surface area contributed by atoms with E-state index in [0.717, 1.165) is 0 Å². The molecule has 2 aromatic carbocycles. The molecule has 57 heavy (non-hydrogen) atoms. The molecule has 0 spiro atoms. The van der Waals surface area contributed by atoms with Crippen molar-refractivity contribution < 1.29 is 0 Å². The van der Waals surface area contributed by atoms with Crippen LogP contribution in [0.5, 0.6) is 0 Å². The quantitative estimate of drug-likeness (QED) is 0.176. The third kappa shape index (κ3) is 22.5. The molecular formula is C52H98GeSi4. The van der Waals surface area contributed by atoms with Crippen molar-refractivity contribution in [1.29, 1.82) is 0 Å². The van der Waals surface area contributed by atoms with Gasteiger partial charge in [-0.1, -0.05) is 215 Å². The number of benzene rings is 2. The van der Waals surface area contributed by atoms with Gasteiger partial charge in [0, 0.05) is 30.8 Å². The van der Waals surface area contributed by atoms with Gasteiger partial charge < -0.3 is 0 Å². The molecule has 0 saturated carbocycles. The molecule has 2 aromatic rings. The van der Waals surface area contributed by atoms with Crippen molar-refractivity contribution in [2.75, 3.05) is 0 Å². The van der Waals surface area contributed by atoms with Gasteiger partial charge in [-0.05, 0) is 43.3 Å². The van der Waals surface area contributed by atoms with Crippen molar-refractivity contribution in [2.24, 2.45) is 43.3 Å². The van der Waals surface area contributed by atoms with Gasteiger partial charge in [0.25, 0.3) is 0 Å². The topological polar surface area (TPSA) is 0 Å². The van der Waals surface area contributed by atoms with Gasteiger partial charge >= 0.3 is 84.9 Å². The van der Waals surface area contributed by atoms with E-state index in [2.05, 4.69) is 227 Å². The molecule has 5 heteroatoms. The molecule has 0 atom stereocenters. The van der Waals surface area contributed by atoms with Crippen LogP contribution in [-0.2, 0) is 0 Å². The molecule has 326 valence electrons. The molecule has 0 nitrogen and oxygen atoms in total. The van der Waals surface area contributed by atoms with Crippen LogP contribution in [0.3, 0.4) is 0 Å². The van der Waals surface area contributed by atoms with Gasteiger partial charge in [0.05, 0.1) is 0 Å². The Hall–Kier alpha value is -0.150. The summed E-state index contributed by atoms with van der Waals surface area (Å²) in [5.74, 6) is 0. The maximum atomic E-state index is 2.65. The average Bonchev–Trinajstić information content (AvgIpc) is 2.91. The van der Waals surface area contributed by atoms with E-state index in [1.54, 1.807) is 24.2 Å². The second-order valence-electron chi connectivity index (χ2n) is 28.1. The minimum absolute atomic E-state index is 0.108. The third-order valence-electron chi connectivity index (χ3n) is 10.4. The number of hydrogen-bond acceptors (Lipinski definition) is 0. The minimum atomic E-state index is -1.89. The van der Waals surface area contributed by atoms with Gasteiger partial charge in [-0.25, -0.2) is 0 Å². The first kappa shape index (κ1) is 54.9. The van der Waals surface area contributed by atoms with Crippen molar-refractivity contribution in [2.45, 2.75) is 215 Å². The van der Waals surface area contributed by atoms with Crippen molar-refractivity contribution in [1.82, 2.24) is 0 Å². The molecule has 2 rings (SSSR count). The Morgan fingerprint density at radius 2 is 0.509 bits per heavy atom. The summed E-state index contributed by atoms with van der Waals surface area (Å²) in [4.78, 5) is 0. The Kier molecular flexibility index (Phi) is 19.6. The summed E-state index contributed by atoms with van der Waals surface area (Å²) in [5, 5.41) is 0. The molecule has 0 saturated heterocycles. The molecule has 0 unspecified atom stereocenters. The standard InChI is InChI=1S/C40H88Si4.C12H10Ge/c1-33(2,3)25-41(26-34(4,5)6)43(29-37(13,14)15,30-38(16,17)18)44(31-39(19,20)21,32-40(22,23)24)42(27-35(7,8)9)28-36(10,11)12;1-3-7-11(8-4-1)13-12-9-5-2-6-10-12/h25-32H2,1-24H3;1-10H. The van der Waals surface area contributed by atoms with Crippen LogP contribution in [0.1, 0.15) is 166 Å². The molecule has 0 aliphatic rings. The molecular weight excluding hydrogens is 810 g/mol. The van der Waals surface area contributed by atoms with Crippen LogP contribution in [0.4, 0.5) is 0 Å². The van der Waals surface area contributed by atoms with E-state index in [1.807, 2.05) is 0 Å². The second-order valence-corrected chi connectivity index (χ2v) is 59.4. The first-order valence-corrected chi connectivity index (χ1v) is 36.5. The summed E-state index contributed by atoms with van der Waals surface area (Å²) < 4.78 is 2.99. The fourth-order valence-corrected chi connectivity index (χ4v) is 92.7. The zero-order chi connectivity index (χ0) is 44.7. The summed E-state index contributed by atoms with van der Waals surface area (Å²) in [6.07, 6.45) is 0. The normalized spacial score (nSPS) is 14.6. The number of hydrogen-bond donors (Lipinski definition) is 0. The average molecular weight is 908 g/mol. The number of rotatable bonds is 13. The Labute approximate surface area is 371 Å². The molecule has 4 radical (unpaired) electrons. The molecule has 0 aliphatic heterocycles. The van der Waals surface area contributed by atoms with Crippen LogP contribution < -0.4 is 8.79 Å². The van der Waals surface area contributed by atoms with Crippen molar-refractivity contribution >= 4 is 55.1 Å². The Balaban J connectivity index is 0.00000103. The molecule has 0 aliphatic carbocycles. The van der Waals surface area contributed by atoms with Gasteiger partial charge in [0.1, 0.15) is 0 Å². The van der Waals surface area contributed by atoms with Crippen LogP contribution in [0, 0.1) is 43.3 Å². The SMILES string of the molecule is CC(C)(C)C[Si](CC(C)(C)C)[Si](CC(C)(C)C)(CC(C)(C)C)[Si](CC(C)(C)C)(CC(C)(C)C)[Si](CC(C)(C)C)CC(C)(C)C.c1cc[c]([Ge][c]2ccccc2)cc1. The van der Waals surface area contributed by atoms with Crippen LogP contribution in [-0.4, -0.2) is 46.3 Å². The first-order chi connectivity index (χ1) is 25.2. The zero-order valence-corrected chi connectivity index (χ0v) is 49.0. The Bertz CT molecular complexity index is 1250. The molecule has 0 N–H and O–H groups in total. The molecule has 0 bridgehead atoms. The predicted octanol–water partition coefficient (Wildman–Crippen LogP) is 15.8. The summed E-state index contributed by atoms with van der Waals surface area (Å²) in [7, 11) is -5.08. The monoisotopic (exact) mass is 909 g/mol. The Morgan fingerprint density at radius 1 is 0.316 bits per heavy atom. The molecule has 0 amide bonds. The molecule has 0 aromatic heterocycles. The first-order valence-electron chi connectivity index (χ1n) is 22.7. The van der Waals surface area contributed by atoms with Gasteiger partial charge in [-0.3, -0.25) is 0 Å². The van der Waals surface area contributed by atoms with Gasteiger partial charge in [0.15, 0.2) is 0 Å². The Morgan fingerprint density at radius 3 is 0.667 bits per heavy atom. The van der Waals surface area contributed by atoms with Gasteiger partial charge in [0.2, 0.25) is 0 Å². The third-order valence-corrected chi connectivity index (χ3v) is 67.4. The predicted molar refractivity (Wildman–Crippen MR) is 275 cm³/mol. The van der Waals surface area contributed by atoms with Crippen LogP contribution in [0.2, 0.25) is 48.4 Å². The summed E-state index contributed by atoms with van der Waals surface area (Å²) >= 11 is -0.108. The van der Waals surface area contributed by atoms with Crippen LogP contribution in [0.25, 0.3) is 0 Å². The van der Waals surface area contributed by atoms with Crippen molar-refractivity contribution in [3.63, 3.8) is 0 Å². The molecule has 0 fully saturated rings. The fraction of sp³-hybridized carbons (Fsp3) is 0.769. The van der Waals surface area contributed by atoms with Crippen LogP contribution in [0.15, 0.2) is 60.7 Å². The van der Waals surface area contributed by atoms with E-state index < -0.39 is 30.8 Å². The fourth-order valence-electron chi connectivity index (χ4n) is 10.2. The van der Waals surface area contributed by atoms with E-state index >= 15 is 0 Å². The maximum absolute atomic E-state index is 2.65. The van der Waals surface area contributed by atoms with Gasteiger partial charge in [-0.2, -0.15) is 0 Å². The van der Waals surface area contributed by atoms with Gasteiger partial charge in [-0.15, -0.1) is 0 Å². The summed E-state index contributed by atoms with van der Waals surface area (Å²) in [6.45, 7) is 63.0.